The zero-order chi connectivity index (χ0) is 6.69. The lowest BCUT2D eigenvalue weighted by molar-refractivity contribution is 0.306. The number of rotatable bonds is 3. The number of epoxide rings is 1. The topological polar surface area (TPSA) is 39.6 Å². The summed E-state index contributed by atoms with van der Waals surface area (Å²) in [6.07, 6.45) is 0.406. The summed E-state index contributed by atoms with van der Waals surface area (Å²) in [7, 11) is 1.92. The molecule has 0 amide bonds. The van der Waals surface area contributed by atoms with Crippen molar-refractivity contribution in [2.75, 3.05) is 26.7 Å². The van der Waals surface area contributed by atoms with Crippen LogP contribution in [0, 0.1) is 11.3 Å². The summed E-state index contributed by atoms with van der Waals surface area (Å²) in [6, 6.07) is 2.07. The van der Waals surface area contributed by atoms with Crippen LogP contribution in [-0.4, -0.2) is 37.7 Å². The molecule has 0 aromatic rings. The van der Waals surface area contributed by atoms with E-state index in [1.54, 1.807) is 0 Å². The monoisotopic (exact) mass is 126 g/mol. The maximum Gasteiger partial charge on any atom is 0.0936 e. The molecule has 1 unspecified atom stereocenters. The van der Waals surface area contributed by atoms with Crippen molar-refractivity contribution in [3.63, 3.8) is 0 Å². The lowest BCUT2D eigenvalue weighted by Crippen LogP contribution is -2.23. The van der Waals surface area contributed by atoms with Crippen LogP contribution in [0.15, 0.2) is 0 Å². The van der Waals surface area contributed by atoms with E-state index < -0.39 is 0 Å². The molecule has 0 aliphatic carbocycles. The summed E-state index contributed by atoms with van der Waals surface area (Å²) in [5.41, 5.74) is 0. The fourth-order valence-corrected chi connectivity index (χ4v) is 0.706. The summed E-state index contributed by atoms with van der Waals surface area (Å²) in [5, 5.41) is 8.24. The first-order chi connectivity index (χ1) is 4.33. The second kappa shape index (κ2) is 2.81. The molecule has 1 rings (SSSR count). The van der Waals surface area contributed by atoms with Gasteiger partial charge in [-0.05, 0) is 7.05 Å². The summed E-state index contributed by atoms with van der Waals surface area (Å²) >= 11 is 0. The highest BCUT2D eigenvalue weighted by atomic mass is 16.6. The van der Waals surface area contributed by atoms with Crippen molar-refractivity contribution in [1.82, 2.24) is 4.90 Å². The highest BCUT2D eigenvalue weighted by molar-refractivity contribution is 4.79. The average Bonchev–Trinajstić information content (AvgIpc) is 2.50. The first kappa shape index (κ1) is 6.53. The van der Waals surface area contributed by atoms with Crippen molar-refractivity contribution in [2.45, 2.75) is 6.10 Å². The van der Waals surface area contributed by atoms with Crippen LogP contribution >= 0.6 is 0 Å². The third-order valence-electron chi connectivity index (χ3n) is 1.26. The molecule has 0 saturated carbocycles. The SMILES string of the molecule is CN(CC#N)CC1CO1. The lowest BCUT2D eigenvalue weighted by atomic mass is 10.4. The Hall–Kier alpha value is -0.590. The van der Waals surface area contributed by atoms with Gasteiger partial charge in [0.15, 0.2) is 0 Å². The third kappa shape index (κ3) is 2.45. The molecule has 1 aliphatic heterocycles. The smallest absolute Gasteiger partial charge is 0.0936 e. The van der Waals surface area contributed by atoms with Gasteiger partial charge in [0, 0.05) is 6.54 Å². The van der Waals surface area contributed by atoms with Gasteiger partial charge in [0.2, 0.25) is 0 Å². The van der Waals surface area contributed by atoms with Gasteiger partial charge in [0.25, 0.3) is 0 Å². The van der Waals surface area contributed by atoms with Crippen molar-refractivity contribution < 1.29 is 4.74 Å². The van der Waals surface area contributed by atoms with Crippen LogP contribution in [0.3, 0.4) is 0 Å². The molecule has 3 heteroatoms. The molecule has 0 aromatic carbocycles. The lowest BCUT2D eigenvalue weighted by Gasteiger charge is -2.08. The highest BCUT2D eigenvalue weighted by Gasteiger charge is 2.23. The Bertz CT molecular complexity index is 126. The molecule has 9 heavy (non-hydrogen) atoms. The molecule has 3 nitrogen and oxygen atoms in total. The van der Waals surface area contributed by atoms with Crippen LogP contribution in [0.2, 0.25) is 0 Å². The number of hydrogen-bond acceptors (Lipinski definition) is 3. The van der Waals surface area contributed by atoms with E-state index in [-0.39, 0.29) is 0 Å². The van der Waals surface area contributed by atoms with Crippen molar-refractivity contribution in [3.8, 4) is 6.07 Å². The van der Waals surface area contributed by atoms with Gasteiger partial charge in [0.1, 0.15) is 0 Å². The van der Waals surface area contributed by atoms with E-state index in [1.165, 1.54) is 0 Å². The number of hydrogen-bond donors (Lipinski definition) is 0. The Morgan fingerprint density at radius 1 is 1.89 bits per heavy atom. The fourth-order valence-electron chi connectivity index (χ4n) is 0.706. The number of likely N-dealkylation sites (N-methyl/N-ethyl adjacent to an activating group) is 1. The van der Waals surface area contributed by atoms with E-state index >= 15 is 0 Å². The van der Waals surface area contributed by atoms with Gasteiger partial charge in [-0.2, -0.15) is 5.26 Å². The Morgan fingerprint density at radius 3 is 3.00 bits per heavy atom. The van der Waals surface area contributed by atoms with Crippen molar-refractivity contribution in [3.05, 3.63) is 0 Å². The number of nitriles is 1. The number of ether oxygens (including phenoxy) is 1. The second-order valence-corrected chi connectivity index (χ2v) is 2.31. The molecule has 0 N–H and O–H groups in total. The second-order valence-electron chi connectivity index (χ2n) is 2.31. The zero-order valence-electron chi connectivity index (χ0n) is 5.50. The predicted molar refractivity (Wildman–Crippen MR) is 32.8 cm³/mol. The standard InChI is InChI=1S/C6H10N2O/c1-8(3-2-7)4-6-5-9-6/h6H,3-5H2,1H3. The molecule has 0 spiro atoms. The molecule has 1 fully saturated rings. The van der Waals surface area contributed by atoms with Crippen LogP contribution < -0.4 is 0 Å². The normalized spacial score (nSPS) is 23.9. The minimum absolute atomic E-state index is 0.406. The fraction of sp³-hybridized carbons (Fsp3) is 0.833. The Morgan fingerprint density at radius 2 is 2.56 bits per heavy atom. The quantitative estimate of drug-likeness (QED) is 0.389. The average molecular weight is 126 g/mol. The van der Waals surface area contributed by atoms with Crippen LogP contribution in [-0.2, 0) is 4.74 Å². The summed E-state index contributed by atoms with van der Waals surface area (Å²) in [6.45, 7) is 2.27. The van der Waals surface area contributed by atoms with E-state index in [1.807, 2.05) is 11.9 Å². The van der Waals surface area contributed by atoms with Crippen molar-refractivity contribution >= 4 is 0 Å². The maximum absolute atomic E-state index is 8.24. The number of nitrogens with zero attached hydrogens (tertiary/aromatic N) is 2. The molecule has 1 atom stereocenters. The van der Waals surface area contributed by atoms with Gasteiger partial charge in [-0.1, -0.05) is 0 Å². The zero-order valence-corrected chi connectivity index (χ0v) is 5.50. The highest BCUT2D eigenvalue weighted by Crippen LogP contribution is 2.08. The van der Waals surface area contributed by atoms with Gasteiger partial charge < -0.3 is 4.74 Å². The van der Waals surface area contributed by atoms with E-state index in [2.05, 4.69) is 6.07 Å². The molecule has 1 saturated heterocycles. The first-order valence-corrected chi connectivity index (χ1v) is 3.00. The van der Waals surface area contributed by atoms with E-state index in [0.717, 1.165) is 13.2 Å². The third-order valence-corrected chi connectivity index (χ3v) is 1.26. The van der Waals surface area contributed by atoms with Gasteiger partial charge in [-0.25, -0.2) is 0 Å². The Kier molecular flexibility index (Phi) is 2.04. The maximum atomic E-state index is 8.24. The largest absolute Gasteiger partial charge is 0.372 e. The molecule has 0 aromatic heterocycles. The predicted octanol–water partition coefficient (Wildman–Crippen LogP) is -0.159. The summed E-state index contributed by atoms with van der Waals surface area (Å²) in [4.78, 5) is 1.96. The van der Waals surface area contributed by atoms with Gasteiger partial charge >= 0.3 is 0 Å². The van der Waals surface area contributed by atoms with E-state index in [9.17, 15) is 0 Å². The van der Waals surface area contributed by atoms with Crippen molar-refractivity contribution in [1.29, 1.82) is 5.26 Å². The molecule has 1 aliphatic rings. The van der Waals surface area contributed by atoms with Crippen molar-refractivity contribution in [2.24, 2.45) is 0 Å². The van der Waals surface area contributed by atoms with Gasteiger partial charge in [0.05, 0.1) is 25.3 Å². The van der Waals surface area contributed by atoms with E-state index in [0.29, 0.717) is 12.6 Å². The molecule has 50 valence electrons. The Labute approximate surface area is 54.8 Å². The Balaban J connectivity index is 2.03. The first-order valence-electron chi connectivity index (χ1n) is 3.00. The summed E-state index contributed by atoms with van der Waals surface area (Å²) in [5.74, 6) is 0. The van der Waals surface area contributed by atoms with E-state index in [4.69, 9.17) is 10.00 Å². The minimum atomic E-state index is 0.406. The van der Waals surface area contributed by atoms with Gasteiger partial charge in [-0.15, -0.1) is 0 Å². The van der Waals surface area contributed by atoms with Crippen LogP contribution in [0.4, 0.5) is 0 Å². The summed E-state index contributed by atoms with van der Waals surface area (Å²) < 4.78 is 4.97. The van der Waals surface area contributed by atoms with Crippen LogP contribution in [0.25, 0.3) is 0 Å². The molecule has 1 heterocycles. The molecular weight excluding hydrogens is 116 g/mol. The van der Waals surface area contributed by atoms with Crippen LogP contribution in [0.1, 0.15) is 0 Å². The minimum Gasteiger partial charge on any atom is -0.372 e. The molecule has 0 radical (unpaired) electrons. The van der Waals surface area contributed by atoms with Crippen LogP contribution in [0.5, 0.6) is 0 Å². The molecular formula is C6H10N2O. The molecule has 0 bridgehead atoms. The van der Waals surface area contributed by atoms with Gasteiger partial charge in [-0.3, -0.25) is 4.90 Å².